The lowest BCUT2D eigenvalue weighted by atomic mass is 10.2. The Hall–Kier alpha value is -1.60. The van der Waals surface area contributed by atoms with E-state index in [1.165, 1.54) is 0 Å². The van der Waals surface area contributed by atoms with Crippen LogP contribution < -0.4 is 4.67 Å². The van der Waals surface area contributed by atoms with Gasteiger partial charge in [-0.05, 0) is 0 Å². The molecule has 3 heteroatoms. The molecule has 0 spiro atoms. The Kier molecular flexibility index (Phi) is 1.43. The van der Waals surface area contributed by atoms with E-state index in [0.29, 0.717) is 5.89 Å². The third-order valence-electron chi connectivity index (χ3n) is 1.49. The summed E-state index contributed by atoms with van der Waals surface area (Å²) in [4.78, 5) is 4.02. The first kappa shape index (κ1) is 6.13. The molecule has 1 aromatic heterocycles. The van der Waals surface area contributed by atoms with Gasteiger partial charge in [-0.3, -0.25) is 0 Å². The van der Waals surface area contributed by atoms with E-state index in [-0.39, 0.29) is 0 Å². The van der Waals surface area contributed by atoms with Crippen LogP contribution in [-0.2, 0) is 0 Å². The zero-order valence-electron chi connectivity index (χ0n) is 5.90. The summed E-state index contributed by atoms with van der Waals surface area (Å²) in [6, 6.07) is 0. The van der Waals surface area contributed by atoms with Gasteiger partial charge in [-0.2, -0.15) is 0 Å². The lowest BCUT2D eigenvalue weighted by Crippen LogP contribution is -1.94. The molecule has 0 N–H and O–H groups in total. The average Bonchev–Trinajstić information content (AvgIpc) is 2.58. The summed E-state index contributed by atoms with van der Waals surface area (Å²) in [5, 5.41) is 0. The van der Waals surface area contributed by atoms with Gasteiger partial charge in [0, 0.05) is 11.6 Å². The third-order valence-corrected chi connectivity index (χ3v) is 1.49. The van der Waals surface area contributed by atoms with Crippen LogP contribution in [0.2, 0.25) is 0 Å². The molecule has 0 fully saturated rings. The predicted molar refractivity (Wildman–Crippen MR) is 43.4 cm³/mol. The van der Waals surface area contributed by atoms with E-state index >= 15 is 0 Å². The molecule has 0 saturated carbocycles. The van der Waals surface area contributed by atoms with Gasteiger partial charge >= 0.3 is 0 Å². The number of oxazole rings is 1. The molecule has 0 atom stereocenters. The average molecular weight is 147 g/mol. The van der Waals surface area contributed by atoms with Crippen molar-refractivity contribution in [2.24, 2.45) is 0 Å². The van der Waals surface area contributed by atoms with Crippen molar-refractivity contribution in [3.63, 3.8) is 0 Å². The fourth-order valence-electron chi connectivity index (χ4n) is 0.954. The monoisotopic (exact) mass is 147 g/mol. The first-order valence-corrected chi connectivity index (χ1v) is 3.41. The molecule has 2 heterocycles. The number of aromatic nitrogens is 1. The van der Waals surface area contributed by atoms with Crippen LogP contribution in [0.3, 0.4) is 0 Å². The van der Waals surface area contributed by atoms with Crippen molar-refractivity contribution >= 4 is 18.0 Å². The highest BCUT2D eigenvalue weighted by Gasteiger charge is 2.09. The summed E-state index contributed by atoms with van der Waals surface area (Å²) in [6.45, 7) is 0. The zero-order valence-corrected chi connectivity index (χ0v) is 5.90. The van der Waals surface area contributed by atoms with Crippen LogP contribution >= 0.6 is 0 Å². The third kappa shape index (κ3) is 1.14. The van der Waals surface area contributed by atoms with Gasteiger partial charge in [0.05, 0.1) is 12.6 Å². The summed E-state index contributed by atoms with van der Waals surface area (Å²) in [5.74, 6) is 0.687. The van der Waals surface area contributed by atoms with Crippen LogP contribution in [0.1, 0.15) is 12.3 Å². The second-order valence-corrected chi connectivity index (χ2v) is 2.21. The predicted octanol–water partition coefficient (Wildman–Crippen LogP) is 0.671. The fraction of sp³-hybridized carbons (Fsp3) is 0.125. The van der Waals surface area contributed by atoms with Crippen molar-refractivity contribution in [3.05, 3.63) is 24.4 Å². The normalized spacial score (nSPS) is 15.1. The number of hydrogen-bond donors (Lipinski definition) is 0. The maximum Gasteiger partial charge on any atom is 0.292 e. The topological polar surface area (TPSA) is 40.1 Å². The van der Waals surface area contributed by atoms with Gasteiger partial charge in [0.25, 0.3) is 12.4 Å². The number of rotatable bonds is 1. The Morgan fingerprint density at radius 1 is 1.55 bits per heavy atom. The molecule has 0 aromatic carbocycles. The van der Waals surface area contributed by atoms with Crippen molar-refractivity contribution in [1.82, 2.24) is 9.65 Å². The second kappa shape index (κ2) is 2.56. The van der Waals surface area contributed by atoms with Crippen LogP contribution in [0.4, 0.5) is 0 Å². The van der Waals surface area contributed by atoms with Crippen LogP contribution in [0.5, 0.6) is 0 Å². The van der Waals surface area contributed by atoms with Crippen molar-refractivity contribution in [2.75, 3.05) is 0 Å². The number of allylic oxidation sites excluding steroid dienone is 2. The minimum atomic E-state index is 0.687. The quantitative estimate of drug-likeness (QED) is 0.548. The van der Waals surface area contributed by atoms with Crippen LogP contribution in [0, 0.1) is 0 Å². The van der Waals surface area contributed by atoms with Crippen LogP contribution in [-0.4, -0.2) is 17.4 Å². The Morgan fingerprint density at radius 3 is 3.18 bits per heavy atom. The Bertz CT molecular complexity index is 329. The molecule has 0 amide bonds. The van der Waals surface area contributed by atoms with Crippen molar-refractivity contribution in [2.45, 2.75) is 6.42 Å². The highest BCUT2D eigenvalue weighted by atomic mass is 16.3. The molecule has 1 aromatic rings. The van der Waals surface area contributed by atoms with Gasteiger partial charge < -0.3 is 4.42 Å². The van der Waals surface area contributed by atoms with Gasteiger partial charge in [-0.25, -0.2) is 4.98 Å². The van der Waals surface area contributed by atoms with E-state index in [2.05, 4.69) is 9.65 Å². The molecule has 1 aliphatic heterocycles. The Balaban J connectivity index is 2.33. The van der Waals surface area contributed by atoms with E-state index in [9.17, 15) is 0 Å². The Morgan fingerprint density at radius 2 is 2.55 bits per heavy atom. The van der Waals surface area contributed by atoms with Gasteiger partial charge in [0.1, 0.15) is 6.26 Å². The number of nitrogens with zero attached hydrogens (tertiary/aromatic N) is 2. The van der Waals surface area contributed by atoms with E-state index in [0.717, 1.165) is 12.0 Å². The molecule has 0 bridgehead atoms. The number of hydrogen-bond acceptors (Lipinski definition) is 2. The lowest BCUT2D eigenvalue weighted by Gasteiger charge is -1.92. The minimum Gasteiger partial charge on any atom is -0.445 e. The summed E-state index contributed by atoms with van der Waals surface area (Å²) < 4.78 is 9.05. The Labute approximate surface area is 63.8 Å². The van der Waals surface area contributed by atoms with Gasteiger partial charge in [-0.15, -0.1) is 4.67 Å². The van der Waals surface area contributed by atoms with Gasteiger partial charge in [0.2, 0.25) is 5.89 Å². The largest absolute Gasteiger partial charge is 0.445 e. The van der Waals surface area contributed by atoms with Gasteiger partial charge in [0.15, 0.2) is 0 Å². The fourth-order valence-corrected chi connectivity index (χ4v) is 0.954. The maximum absolute atomic E-state index is 5.11. The lowest BCUT2D eigenvalue weighted by molar-refractivity contribution is 0.541. The molecule has 0 aliphatic carbocycles. The molecule has 0 radical (unpaired) electrons. The molecule has 11 heavy (non-hydrogen) atoms. The SMILES string of the molecule is C1=[N+]=CCC(c2ncco2)=C1. The molecular weight excluding hydrogens is 140 g/mol. The van der Waals surface area contributed by atoms with Crippen LogP contribution in [0.15, 0.2) is 23.0 Å². The van der Waals surface area contributed by atoms with Crippen molar-refractivity contribution in [3.8, 4) is 0 Å². The highest BCUT2D eigenvalue weighted by Crippen LogP contribution is 2.13. The molecule has 0 saturated heterocycles. The van der Waals surface area contributed by atoms with Gasteiger partial charge in [-0.1, -0.05) is 0 Å². The zero-order chi connectivity index (χ0) is 7.52. The van der Waals surface area contributed by atoms with Crippen LogP contribution in [0.25, 0.3) is 5.57 Å². The van der Waals surface area contributed by atoms with Crippen molar-refractivity contribution < 1.29 is 4.42 Å². The standard InChI is InChI=1S/C8H7N2O/c1-3-9-4-2-7(1)8-10-5-6-11-8/h1,3-6H,2H2/q+1. The molecule has 3 nitrogen and oxygen atoms in total. The van der Waals surface area contributed by atoms with E-state index in [1.807, 2.05) is 12.3 Å². The molecular formula is C8H7N2O+. The molecule has 0 unspecified atom stereocenters. The summed E-state index contributed by atoms with van der Waals surface area (Å²) in [7, 11) is 0. The maximum atomic E-state index is 5.11. The minimum absolute atomic E-state index is 0.687. The summed E-state index contributed by atoms with van der Waals surface area (Å²) in [6.07, 6.45) is 9.50. The molecule has 1 aliphatic rings. The molecule has 54 valence electrons. The summed E-state index contributed by atoms with van der Waals surface area (Å²) >= 11 is 0. The first-order valence-electron chi connectivity index (χ1n) is 3.41. The smallest absolute Gasteiger partial charge is 0.292 e. The summed E-state index contributed by atoms with van der Waals surface area (Å²) in [5.41, 5.74) is 1.07. The first-order chi connectivity index (χ1) is 5.47. The van der Waals surface area contributed by atoms with E-state index in [4.69, 9.17) is 4.42 Å². The van der Waals surface area contributed by atoms with E-state index < -0.39 is 0 Å². The highest BCUT2D eigenvalue weighted by molar-refractivity contribution is 5.92. The van der Waals surface area contributed by atoms with Crippen molar-refractivity contribution in [1.29, 1.82) is 0 Å². The van der Waals surface area contributed by atoms with E-state index in [1.54, 1.807) is 18.7 Å². The second-order valence-electron chi connectivity index (χ2n) is 2.21. The molecule has 2 rings (SSSR count).